The average molecular weight is 152 g/mol. The van der Waals surface area contributed by atoms with E-state index in [1.165, 1.54) is 0 Å². The minimum absolute atomic E-state index is 0.488. The highest BCUT2D eigenvalue weighted by atomic mass is 31.8. The van der Waals surface area contributed by atoms with Crippen molar-refractivity contribution >= 4 is 13.1 Å². The van der Waals surface area contributed by atoms with Gasteiger partial charge in [-0.1, -0.05) is 0 Å². The molecule has 2 heteroatoms. The molecular weight excluding hydrogens is 134 g/mol. The molecule has 0 nitrogen and oxygen atoms in total. The van der Waals surface area contributed by atoms with Crippen molar-refractivity contribution in [1.29, 1.82) is 0 Å². The summed E-state index contributed by atoms with van der Waals surface area (Å²) in [5.41, 5.74) is 0. The SMILES string of the molecule is CP(C)(C)=P(C)(C)C. The topological polar surface area (TPSA) is 0 Å². The van der Waals surface area contributed by atoms with Crippen LogP contribution in [0.15, 0.2) is 0 Å². The number of hydrogen-bond donors (Lipinski definition) is 0. The minimum Gasteiger partial charge on any atom is -0.116 e. The van der Waals surface area contributed by atoms with Crippen molar-refractivity contribution < 1.29 is 0 Å². The summed E-state index contributed by atoms with van der Waals surface area (Å²) in [5, 5.41) is 0. The van der Waals surface area contributed by atoms with Gasteiger partial charge in [-0.15, -0.1) is 13.1 Å². The highest BCUT2D eigenvalue weighted by Crippen LogP contribution is 2.63. The van der Waals surface area contributed by atoms with Crippen LogP contribution in [-0.4, -0.2) is 40.0 Å². The molecule has 0 N–H and O–H groups in total. The van der Waals surface area contributed by atoms with E-state index in [2.05, 4.69) is 40.0 Å². The van der Waals surface area contributed by atoms with Crippen molar-refractivity contribution in [2.75, 3.05) is 40.0 Å². The van der Waals surface area contributed by atoms with Crippen molar-refractivity contribution in [3.05, 3.63) is 0 Å². The van der Waals surface area contributed by atoms with Gasteiger partial charge in [0.25, 0.3) is 0 Å². The lowest BCUT2D eigenvalue weighted by Crippen LogP contribution is -1.76. The summed E-state index contributed by atoms with van der Waals surface area (Å²) in [4.78, 5) is 0. The standard InChI is InChI=1S/C6H18P2/c1-7(2,3)8(4,5)6/h1-6H3. The van der Waals surface area contributed by atoms with Crippen LogP contribution in [0.3, 0.4) is 0 Å². The van der Waals surface area contributed by atoms with Crippen molar-refractivity contribution in [2.24, 2.45) is 0 Å². The first-order chi connectivity index (χ1) is 3.25. The van der Waals surface area contributed by atoms with E-state index >= 15 is 0 Å². The molecule has 8 heavy (non-hydrogen) atoms. The van der Waals surface area contributed by atoms with Crippen LogP contribution in [0.5, 0.6) is 0 Å². The van der Waals surface area contributed by atoms with Gasteiger partial charge in [-0.25, -0.2) is 0 Å². The molecular formula is C6H18P2. The summed E-state index contributed by atoms with van der Waals surface area (Å²) < 4.78 is 0. The molecule has 0 aliphatic carbocycles. The van der Waals surface area contributed by atoms with E-state index in [0.29, 0.717) is 0 Å². The molecule has 0 aromatic carbocycles. The molecule has 0 aliphatic heterocycles. The Labute approximate surface area is 53.8 Å². The monoisotopic (exact) mass is 152 g/mol. The summed E-state index contributed by atoms with van der Waals surface area (Å²) in [5.74, 6) is 0. The molecule has 0 spiro atoms. The number of hydrogen-bond acceptors (Lipinski definition) is 0. The second-order valence-corrected chi connectivity index (χ2v) is 18.8. The summed E-state index contributed by atoms with van der Waals surface area (Å²) in [6.45, 7) is 13.6. The maximum atomic E-state index is 2.43. The lowest BCUT2D eigenvalue weighted by molar-refractivity contribution is 2.04. The maximum Gasteiger partial charge on any atom is -0.0449 e. The number of rotatable bonds is 0. The van der Waals surface area contributed by atoms with E-state index in [9.17, 15) is 0 Å². The Morgan fingerprint density at radius 2 is 0.625 bits per heavy atom. The lowest BCUT2D eigenvalue weighted by atomic mass is 11.8. The van der Waals surface area contributed by atoms with Crippen LogP contribution in [0.1, 0.15) is 0 Å². The third kappa shape index (κ3) is 2.42. The van der Waals surface area contributed by atoms with Gasteiger partial charge in [0.05, 0.1) is 0 Å². The quantitative estimate of drug-likeness (QED) is 0.468. The zero-order valence-corrected chi connectivity index (χ0v) is 8.68. The summed E-state index contributed by atoms with van der Waals surface area (Å²) in [7, 11) is 0. The molecule has 0 aromatic rings. The van der Waals surface area contributed by atoms with Crippen LogP contribution in [0.25, 0.3) is 0 Å². The molecule has 0 saturated heterocycles. The Morgan fingerprint density at radius 3 is 0.625 bits per heavy atom. The molecule has 0 bridgehead atoms. The normalized spacial score (nSPS) is 14.2. The van der Waals surface area contributed by atoms with E-state index in [1.54, 1.807) is 0 Å². The molecule has 0 unspecified atom stereocenters. The molecule has 0 fully saturated rings. The van der Waals surface area contributed by atoms with Gasteiger partial charge in [-0.05, 0) is 40.0 Å². The van der Waals surface area contributed by atoms with Crippen LogP contribution >= 0.6 is 13.1 Å². The fourth-order valence-corrected chi connectivity index (χ4v) is 0. The van der Waals surface area contributed by atoms with Gasteiger partial charge in [0.2, 0.25) is 0 Å². The van der Waals surface area contributed by atoms with Crippen LogP contribution in [0, 0.1) is 0 Å². The molecule has 52 valence electrons. The summed E-state index contributed by atoms with van der Waals surface area (Å²) in [6, 6.07) is 0. The maximum absolute atomic E-state index is 2.43. The van der Waals surface area contributed by atoms with Crippen molar-refractivity contribution in [1.82, 2.24) is 0 Å². The first-order valence-electron chi connectivity index (χ1n) is 2.88. The van der Waals surface area contributed by atoms with Crippen LogP contribution in [0.4, 0.5) is 0 Å². The summed E-state index contributed by atoms with van der Waals surface area (Å²) in [6.07, 6.45) is 0. The van der Waals surface area contributed by atoms with Crippen LogP contribution in [0.2, 0.25) is 0 Å². The van der Waals surface area contributed by atoms with Gasteiger partial charge in [-0.2, -0.15) is 0 Å². The molecule has 0 radical (unpaired) electrons. The molecule has 0 saturated carbocycles. The smallest absolute Gasteiger partial charge is 0.0449 e. The summed E-state index contributed by atoms with van der Waals surface area (Å²) >= 11 is 0. The third-order valence-electron chi connectivity index (χ3n) is 1.80. The first kappa shape index (κ1) is 8.86. The van der Waals surface area contributed by atoms with Crippen molar-refractivity contribution in [2.45, 2.75) is 0 Å². The third-order valence-corrected chi connectivity index (χ3v) is 16.2. The first-order valence-corrected chi connectivity index (χ1v) is 9.85. The van der Waals surface area contributed by atoms with E-state index in [1.807, 2.05) is 0 Å². The Kier molecular flexibility index (Phi) is 2.48. The molecule has 0 aromatic heterocycles. The van der Waals surface area contributed by atoms with E-state index in [0.717, 1.165) is 0 Å². The zero-order chi connectivity index (χ0) is 7.00. The molecule has 0 atom stereocenters. The Morgan fingerprint density at radius 1 is 0.500 bits per heavy atom. The van der Waals surface area contributed by atoms with Crippen molar-refractivity contribution in [3.63, 3.8) is 0 Å². The predicted molar refractivity (Wildman–Crippen MR) is 49.4 cm³/mol. The van der Waals surface area contributed by atoms with E-state index in [4.69, 9.17) is 0 Å². The second kappa shape index (κ2) is 2.24. The fourth-order valence-electron chi connectivity index (χ4n) is 0. The van der Waals surface area contributed by atoms with Gasteiger partial charge in [0.1, 0.15) is 0 Å². The Balaban J connectivity index is 4.84. The van der Waals surface area contributed by atoms with Gasteiger partial charge in [0, 0.05) is 0 Å². The lowest BCUT2D eigenvalue weighted by Gasteiger charge is -2.21. The van der Waals surface area contributed by atoms with Gasteiger partial charge < -0.3 is 0 Å². The van der Waals surface area contributed by atoms with E-state index in [-0.39, 0.29) is 0 Å². The van der Waals surface area contributed by atoms with Gasteiger partial charge in [-0.3, -0.25) is 0 Å². The zero-order valence-electron chi connectivity index (χ0n) is 6.89. The highest BCUT2D eigenvalue weighted by Gasteiger charge is 2.04. The minimum atomic E-state index is -0.488. The largest absolute Gasteiger partial charge is 0.116 e. The second-order valence-electron chi connectivity index (χ2n) is 3.88. The molecule has 0 amide bonds. The Bertz CT molecular complexity index is 109. The fraction of sp³-hybridized carbons (Fsp3) is 1.00. The molecule has 0 aliphatic rings. The van der Waals surface area contributed by atoms with Gasteiger partial charge in [0.15, 0.2) is 0 Å². The Hall–Kier alpha value is 0.860. The predicted octanol–water partition coefficient (Wildman–Crippen LogP) is 2.72. The average Bonchev–Trinajstić information content (AvgIpc) is 1.25. The van der Waals surface area contributed by atoms with Crippen LogP contribution < -0.4 is 0 Å². The van der Waals surface area contributed by atoms with Crippen LogP contribution in [-0.2, 0) is 0 Å². The van der Waals surface area contributed by atoms with Gasteiger partial charge >= 0.3 is 0 Å². The highest BCUT2D eigenvalue weighted by molar-refractivity contribution is 8.18. The van der Waals surface area contributed by atoms with Crippen molar-refractivity contribution in [3.8, 4) is 0 Å². The molecule has 0 heterocycles. The molecule has 0 rings (SSSR count). The van der Waals surface area contributed by atoms with E-state index < -0.39 is 13.1 Å².